The Morgan fingerprint density at radius 2 is 2.15 bits per heavy atom. The summed E-state index contributed by atoms with van der Waals surface area (Å²) in [6.07, 6.45) is 4.98. The smallest absolute Gasteiger partial charge is 0.240 e. The molecular weight excluding hydrogens is 280 g/mol. The number of aromatic nitrogens is 2. The molecule has 3 rings (SSSR count). The van der Waals surface area contributed by atoms with Crippen molar-refractivity contribution in [3.05, 3.63) is 11.7 Å². The van der Waals surface area contributed by atoms with Gasteiger partial charge in [0, 0.05) is 18.6 Å². The number of nitrogens with two attached hydrogens (primary N) is 1. The molecule has 1 aromatic heterocycles. The third kappa shape index (κ3) is 3.49. The van der Waals surface area contributed by atoms with Crippen LogP contribution in [-0.2, 0) is 17.8 Å². The van der Waals surface area contributed by atoms with Gasteiger partial charge in [-0.05, 0) is 32.2 Å². The third-order valence-electron chi connectivity index (χ3n) is 4.19. The highest BCUT2D eigenvalue weighted by atomic mass is 35.5. The van der Waals surface area contributed by atoms with Crippen LogP contribution in [0.5, 0.6) is 0 Å². The summed E-state index contributed by atoms with van der Waals surface area (Å²) >= 11 is 0. The number of likely N-dealkylation sites (tertiary alicyclic amines) is 1. The van der Waals surface area contributed by atoms with Gasteiger partial charge in [-0.25, -0.2) is 0 Å². The summed E-state index contributed by atoms with van der Waals surface area (Å²) in [6, 6.07) is 0. The van der Waals surface area contributed by atoms with E-state index in [1.54, 1.807) is 0 Å². The van der Waals surface area contributed by atoms with E-state index in [0.29, 0.717) is 17.9 Å². The molecule has 6 nitrogen and oxygen atoms in total. The Kier molecular flexibility index (Phi) is 5.37. The first-order valence-electron chi connectivity index (χ1n) is 7.11. The van der Waals surface area contributed by atoms with Crippen molar-refractivity contribution < 1.29 is 9.26 Å². The average molecular weight is 303 g/mol. The van der Waals surface area contributed by atoms with Crippen LogP contribution in [0.2, 0.25) is 0 Å². The normalized spacial score (nSPS) is 27.4. The first-order valence-corrected chi connectivity index (χ1v) is 7.11. The SMILES string of the molecule is Cl.NCc1nc(CN2CCCC3(CCCOC3)C2)no1. The van der Waals surface area contributed by atoms with Gasteiger partial charge >= 0.3 is 0 Å². The predicted octanol–water partition coefficient (Wildman–Crippen LogP) is 1.34. The monoisotopic (exact) mass is 302 g/mol. The van der Waals surface area contributed by atoms with Gasteiger partial charge < -0.3 is 15.0 Å². The molecule has 2 fully saturated rings. The Hall–Kier alpha value is -0.690. The highest BCUT2D eigenvalue weighted by molar-refractivity contribution is 5.85. The number of nitrogens with zero attached hydrogens (tertiary/aromatic N) is 3. The van der Waals surface area contributed by atoms with Gasteiger partial charge in [-0.1, -0.05) is 5.16 Å². The van der Waals surface area contributed by atoms with Gasteiger partial charge in [0.05, 0.1) is 19.7 Å². The molecular formula is C13H23ClN4O2. The fraction of sp³-hybridized carbons (Fsp3) is 0.846. The van der Waals surface area contributed by atoms with E-state index in [1.807, 2.05) is 0 Å². The van der Waals surface area contributed by atoms with Crippen molar-refractivity contribution in [1.82, 2.24) is 15.0 Å². The van der Waals surface area contributed by atoms with E-state index in [4.69, 9.17) is 15.0 Å². The van der Waals surface area contributed by atoms with Gasteiger partial charge in [-0.15, -0.1) is 12.4 Å². The molecule has 0 aliphatic carbocycles. The number of halogens is 1. The summed E-state index contributed by atoms with van der Waals surface area (Å²) in [7, 11) is 0. The summed E-state index contributed by atoms with van der Waals surface area (Å²) < 4.78 is 10.7. The zero-order chi connectivity index (χ0) is 13.1. The van der Waals surface area contributed by atoms with Crippen molar-refractivity contribution in [2.24, 2.45) is 11.1 Å². The Morgan fingerprint density at radius 1 is 1.30 bits per heavy atom. The van der Waals surface area contributed by atoms with Gasteiger partial charge in [-0.3, -0.25) is 4.90 Å². The summed E-state index contributed by atoms with van der Waals surface area (Å²) in [5, 5.41) is 3.98. The zero-order valence-electron chi connectivity index (χ0n) is 11.7. The molecule has 0 bridgehead atoms. The van der Waals surface area contributed by atoms with E-state index in [0.717, 1.165) is 38.7 Å². The maximum absolute atomic E-state index is 5.69. The molecule has 2 saturated heterocycles. The van der Waals surface area contributed by atoms with E-state index in [-0.39, 0.29) is 12.4 Å². The number of rotatable bonds is 3. The van der Waals surface area contributed by atoms with E-state index in [1.165, 1.54) is 25.7 Å². The van der Waals surface area contributed by atoms with Crippen LogP contribution in [0.15, 0.2) is 4.52 Å². The van der Waals surface area contributed by atoms with Gasteiger partial charge in [0.25, 0.3) is 0 Å². The summed E-state index contributed by atoms with van der Waals surface area (Å²) in [6.45, 7) is 5.08. The molecule has 1 atom stereocenters. The molecule has 3 heterocycles. The maximum atomic E-state index is 5.69. The van der Waals surface area contributed by atoms with Crippen LogP contribution in [0.3, 0.4) is 0 Å². The second-order valence-corrected chi connectivity index (χ2v) is 5.78. The summed E-state index contributed by atoms with van der Waals surface area (Å²) in [5.74, 6) is 1.26. The molecule has 1 spiro atoms. The lowest BCUT2D eigenvalue weighted by Crippen LogP contribution is -2.47. The van der Waals surface area contributed by atoms with Crippen LogP contribution >= 0.6 is 12.4 Å². The predicted molar refractivity (Wildman–Crippen MR) is 76.4 cm³/mol. The minimum absolute atomic E-state index is 0. The number of ether oxygens (including phenoxy) is 1. The molecule has 7 heteroatoms. The second-order valence-electron chi connectivity index (χ2n) is 5.78. The van der Waals surface area contributed by atoms with E-state index in [2.05, 4.69) is 15.0 Å². The number of piperidine rings is 1. The Bertz CT molecular complexity index is 415. The Morgan fingerprint density at radius 3 is 2.85 bits per heavy atom. The molecule has 20 heavy (non-hydrogen) atoms. The fourth-order valence-corrected chi connectivity index (χ4v) is 3.31. The molecule has 0 saturated carbocycles. The van der Waals surface area contributed by atoms with E-state index >= 15 is 0 Å². The Balaban J connectivity index is 0.00000147. The minimum Gasteiger partial charge on any atom is -0.381 e. The van der Waals surface area contributed by atoms with Crippen molar-refractivity contribution in [2.75, 3.05) is 26.3 Å². The second kappa shape index (κ2) is 6.85. The zero-order valence-corrected chi connectivity index (χ0v) is 12.5. The van der Waals surface area contributed by atoms with Crippen molar-refractivity contribution in [2.45, 2.75) is 38.8 Å². The molecule has 1 unspecified atom stereocenters. The summed E-state index contributed by atoms with van der Waals surface area (Å²) in [5.41, 5.74) is 5.84. The molecule has 2 aliphatic heterocycles. The van der Waals surface area contributed by atoms with Crippen LogP contribution in [0.4, 0.5) is 0 Å². The number of hydrogen-bond acceptors (Lipinski definition) is 6. The Labute approximate surface area is 125 Å². The van der Waals surface area contributed by atoms with Crippen LogP contribution in [0, 0.1) is 5.41 Å². The standard InChI is InChI=1S/C13H22N4O2.ClH/c14-7-12-15-11(16-19-12)8-17-5-1-3-13(9-17)4-2-6-18-10-13;/h1-10,14H2;1H. The highest BCUT2D eigenvalue weighted by Crippen LogP contribution is 2.37. The van der Waals surface area contributed by atoms with E-state index in [9.17, 15) is 0 Å². The quantitative estimate of drug-likeness (QED) is 0.908. The lowest BCUT2D eigenvalue weighted by Gasteiger charge is -2.44. The molecule has 0 radical (unpaired) electrons. The van der Waals surface area contributed by atoms with Gasteiger partial charge in [0.15, 0.2) is 5.82 Å². The largest absolute Gasteiger partial charge is 0.381 e. The first kappa shape index (κ1) is 15.7. The third-order valence-corrected chi connectivity index (χ3v) is 4.19. The molecule has 1 aromatic rings. The van der Waals surface area contributed by atoms with Crippen LogP contribution < -0.4 is 5.73 Å². The van der Waals surface area contributed by atoms with Crippen LogP contribution in [0.1, 0.15) is 37.4 Å². The molecule has 2 aliphatic rings. The molecule has 114 valence electrons. The first-order chi connectivity index (χ1) is 9.30. The van der Waals surface area contributed by atoms with E-state index < -0.39 is 0 Å². The summed E-state index contributed by atoms with van der Waals surface area (Å²) in [4.78, 5) is 6.70. The molecule has 0 amide bonds. The van der Waals surface area contributed by atoms with Gasteiger partial charge in [0.2, 0.25) is 5.89 Å². The van der Waals surface area contributed by atoms with Crippen molar-refractivity contribution in [3.8, 4) is 0 Å². The highest BCUT2D eigenvalue weighted by Gasteiger charge is 2.37. The minimum atomic E-state index is 0. The van der Waals surface area contributed by atoms with Crippen LogP contribution in [-0.4, -0.2) is 41.3 Å². The van der Waals surface area contributed by atoms with Gasteiger partial charge in [-0.2, -0.15) is 4.98 Å². The van der Waals surface area contributed by atoms with Crippen molar-refractivity contribution in [3.63, 3.8) is 0 Å². The van der Waals surface area contributed by atoms with Crippen LogP contribution in [0.25, 0.3) is 0 Å². The van der Waals surface area contributed by atoms with Gasteiger partial charge in [0.1, 0.15) is 0 Å². The topological polar surface area (TPSA) is 77.4 Å². The molecule has 2 N–H and O–H groups in total. The number of hydrogen-bond donors (Lipinski definition) is 1. The maximum Gasteiger partial charge on any atom is 0.240 e. The average Bonchev–Trinajstić information content (AvgIpc) is 2.87. The fourth-order valence-electron chi connectivity index (χ4n) is 3.31. The van der Waals surface area contributed by atoms with Crippen molar-refractivity contribution >= 4 is 12.4 Å². The lowest BCUT2D eigenvalue weighted by atomic mass is 9.76. The lowest BCUT2D eigenvalue weighted by molar-refractivity contribution is -0.0510. The molecule has 0 aromatic carbocycles. The van der Waals surface area contributed by atoms with Crippen molar-refractivity contribution in [1.29, 1.82) is 0 Å².